The van der Waals surface area contributed by atoms with E-state index in [4.69, 9.17) is 32.7 Å². The van der Waals surface area contributed by atoms with Crippen LogP contribution in [0.2, 0.25) is 0 Å². The molecule has 0 aliphatic rings. The summed E-state index contributed by atoms with van der Waals surface area (Å²) < 4.78 is 23.6. The van der Waals surface area contributed by atoms with E-state index in [0.717, 1.165) is 23.3 Å². The number of nitrogens with zero attached hydrogens (tertiary/aromatic N) is 1. The monoisotopic (exact) mass is 497 g/mol. The summed E-state index contributed by atoms with van der Waals surface area (Å²) in [7, 11) is 0. The Hall–Kier alpha value is -2.13. The van der Waals surface area contributed by atoms with Gasteiger partial charge in [0.15, 0.2) is 0 Å². The summed E-state index contributed by atoms with van der Waals surface area (Å²) in [6.07, 6.45) is 1.37. The van der Waals surface area contributed by atoms with Crippen molar-refractivity contribution < 1.29 is 18.5 Å². The zero-order valence-electron chi connectivity index (χ0n) is 19.0. The second kappa shape index (κ2) is 13.5. The first-order chi connectivity index (χ1) is 15.8. The molecule has 2 rings (SSSR count). The van der Waals surface area contributed by atoms with Crippen molar-refractivity contribution >= 4 is 23.7 Å². The first-order valence-electron chi connectivity index (χ1n) is 10.7. The maximum Gasteiger partial charge on any atom is 0.119 e. The molecule has 33 heavy (non-hydrogen) atoms. The highest BCUT2D eigenvalue weighted by atomic mass is 35.5. The lowest BCUT2D eigenvalue weighted by Crippen LogP contribution is -2.37. The molecule has 182 valence electrons. The molecule has 0 amide bonds. The number of aliphatic hydroxyl groups is 1. The Bertz CT molecular complexity index is 866. The van der Waals surface area contributed by atoms with Crippen LogP contribution in [0.3, 0.4) is 0 Å². The van der Waals surface area contributed by atoms with E-state index < -0.39 is 6.10 Å². The molecule has 0 radical (unpaired) electrons. The smallest absolute Gasteiger partial charge is 0.119 e. The molecule has 0 heterocycles. The fraction of sp³-hybridized carbons (Fsp3) is 0.417. The molecule has 2 aromatic rings. The Balaban J connectivity index is 1.91. The van der Waals surface area contributed by atoms with Crippen LogP contribution >= 0.6 is 23.7 Å². The molecule has 2 aromatic carbocycles. The van der Waals surface area contributed by atoms with Crippen molar-refractivity contribution in [3.8, 4) is 11.5 Å². The summed E-state index contributed by atoms with van der Waals surface area (Å²) in [5.74, 6) is 7.84. The molecule has 0 bridgehead atoms. The van der Waals surface area contributed by atoms with E-state index in [-0.39, 0.29) is 42.2 Å². The maximum absolute atomic E-state index is 12.2. The van der Waals surface area contributed by atoms with Crippen molar-refractivity contribution in [3.63, 3.8) is 0 Å². The van der Waals surface area contributed by atoms with Gasteiger partial charge in [-0.05, 0) is 41.8 Å². The van der Waals surface area contributed by atoms with Gasteiger partial charge in [-0.3, -0.25) is 0 Å². The van der Waals surface area contributed by atoms with E-state index in [2.05, 4.69) is 26.0 Å². The van der Waals surface area contributed by atoms with E-state index in [0.29, 0.717) is 18.2 Å². The number of hydrogen-bond donors (Lipinski definition) is 3. The van der Waals surface area contributed by atoms with Gasteiger partial charge in [-0.15, -0.1) is 11.6 Å². The lowest BCUT2D eigenvalue weighted by Gasteiger charge is -2.26. The van der Waals surface area contributed by atoms with Gasteiger partial charge < -0.3 is 25.3 Å². The van der Waals surface area contributed by atoms with Gasteiger partial charge in [-0.2, -0.15) is 3.89 Å². The molecule has 0 unspecified atom stereocenters. The Morgan fingerprint density at radius 1 is 1.12 bits per heavy atom. The van der Waals surface area contributed by atoms with Crippen LogP contribution in [-0.4, -0.2) is 47.6 Å². The van der Waals surface area contributed by atoms with Crippen molar-refractivity contribution in [3.05, 3.63) is 71.6 Å². The van der Waals surface area contributed by atoms with Crippen LogP contribution in [0.15, 0.2) is 60.4 Å². The van der Waals surface area contributed by atoms with Crippen LogP contribution in [0.25, 0.3) is 0 Å². The number of halogens is 2. The summed E-state index contributed by atoms with van der Waals surface area (Å²) in [6, 6.07) is 15.9. The quantitative estimate of drug-likeness (QED) is 0.154. The summed E-state index contributed by atoms with van der Waals surface area (Å²) in [6.45, 7) is 5.09. The second-order valence-corrected chi connectivity index (χ2v) is 9.07. The molecule has 0 saturated heterocycles. The molecule has 9 heteroatoms. The minimum Gasteiger partial charge on any atom is -0.494 e. The van der Waals surface area contributed by atoms with Gasteiger partial charge in [0, 0.05) is 23.2 Å². The van der Waals surface area contributed by atoms with Gasteiger partial charge >= 0.3 is 0 Å². The fourth-order valence-electron chi connectivity index (χ4n) is 3.20. The predicted molar refractivity (Wildman–Crippen MR) is 134 cm³/mol. The Labute approximate surface area is 204 Å². The zero-order chi connectivity index (χ0) is 24.3. The van der Waals surface area contributed by atoms with Gasteiger partial charge in [0.1, 0.15) is 24.2 Å². The van der Waals surface area contributed by atoms with Gasteiger partial charge in [0.05, 0.1) is 31.1 Å². The molecule has 0 fully saturated rings. The topological polar surface area (TPSA) is 94.0 Å². The van der Waals surface area contributed by atoms with E-state index in [1.54, 1.807) is 0 Å². The predicted octanol–water partition coefficient (Wildman–Crippen LogP) is 4.35. The number of nitrogens with two attached hydrogens (primary N) is 2. The van der Waals surface area contributed by atoms with Crippen molar-refractivity contribution in [2.75, 3.05) is 31.4 Å². The van der Waals surface area contributed by atoms with Crippen LogP contribution in [0.1, 0.15) is 31.4 Å². The molecular weight excluding hydrogens is 465 g/mol. The molecular formula is C24H33ClFN3O3S. The first kappa shape index (κ1) is 27.1. The molecule has 0 aliphatic carbocycles. The zero-order valence-corrected chi connectivity index (χ0v) is 20.6. The molecule has 1 atom stereocenters. The number of ether oxygens (including phenoxy) is 2. The highest BCUT2D eigenvalue weighted by Gasteiger charge is 2.23. The lowest BCUT2D eigenvalue weighted by atomic mass is 9.78. The van der Waals surface area contributed by atoms with Crippen LogP contribution in [0, 0.1) is 0 Å². The summed E-state index contributed by atoms with van der Waals surface area (Å²) in [4.78, 5) is 0. The number of alkyl halides is 1. The number of hydrazine groups is 1. The van der Waals surface area contributed by atoms with Crippen molar-refractivity contribution in [2.45, 2.75) is 31.8 Å². The summed E-state index contributed by atoms with van der Waals surface area (Å²) in [5, 5.41) is 11.4. The normalized spacial score (nSPS) is 13.0. The first-order valence-corrected chi connectivity index (χ1v) is 12.1. The highest BCUT2D eigenvalue weighted by Crippen LogP contribution is 2.33. The van der Waals surface area contributed by atoms with E-state index >= 15 is 0 Å². The largest absolute Gasteiger partial charge is 0.494 e. The number of rotatable bonds is 14. The molecule has 0 aromatic heterocycles. The molecule has 5 N–H and O–H groups in total. The Morgan fingerprint density at radius 2 is 1.67 bits per heavy atom. The number of aliphatic hydroxyl groups excluding tert-OH is 1. The molecule has 6 nitrogen and oxygen atoms in total. The van der Waals surface area contributed by atoms with Gasteiger partial charge in [0.25, 0.3) is 0 Å². The minimum absolute atomic E-state index is 0.0233. The van der Waals surface area contributed by atoms with Crippen molar-refractivity contribution in [1.29, 1.82) is 0 Å². The summed E-state index contributed by atoms with van der Waals surface area (Å²) >= 11 is 5.80. The third-order valence-electron chi connectivity index (χ3n) is 5.12. The van der Waals surface area contributed by atoms with E-state index in [1.165, 1.54) is 11.2 Å². The van der Waals surface area contributed by atoms with Crippen LogP contribution in [-0.2, 0) is 5.41 Å². The van der Waals surface area contributed by atoms with Crippen molar-refractivity contribution in [2.24, 2.45) is 11.6 Å². The SMILES string of the molecule is CC(C)(c1ccc(OCCCCl)cc1)c1ccc(OC[C@H](O)CN(N)/C=C(\N)CSF)cc1. The maximum atomic E-state index is 12.2. The van der Waals surface area contributed by atoms with E-state index in [1.807, 2.05) is 36.4 Å². The Kier molecular flexibility index (Phi) is 11.1. The second-order valence-electron chi connectivity index (χ2n) is 8.18. The van der Waals surface area contributed by atoms with Crippen LogP contribution in [0.5, 0.6) is 11.5 Å². The number of hydrogen-bond acceptors (Lipinski definition) is 7. The molecule has 0 spiro atoms. The van der Waals surface area contributed by atoms with Crippen LogP contribution in [0.4, 0.5) is 3.89 Å². The summed E-state index contributed by atoms with van der Waals surface area (Å²) in [5.41, 5.74) is 7.97. The van der Waals surface area contributed by atoms with E-state index in [9.17, 15) is 8.99 Å². The number of benzene rings is 2. The third kappa shape index (κ3) is 8.97. The average molecular weight is 498 g/mol. The highest BCUT2D eigenvalue weighted by molar-refractivity contribution is 7.94. The lowest BCUT2D eigenvalue weighted by molar-refractivity contribution is 0.0817. The molecule has 0 saturated carbocycles. The fourth-order valence-corrected chi connectivity index (χ4v) is 3.51. The standard InChI is InChI=1S/C24H33ClFN3O3S/c1-24(2,18-4-8-22(9-5-18)31-13-3-12-25)19-6-10-23(11-7-19)32-16-21(30)15-29(28)14-20(27)17-33-26/h4-11,14,21,30H,3,12-13,15-17,27-28H2,1-2H3/b20-14-/t21-/m1/s1. The minimum atomic E-state index is -0.835. The van der Waals surface area contributed by atoms with Gasteiger partial charge in [0.2, 0.25) is 0 Å². The van der Waals surface area contributed by atoms with Crippen LogP contribution < -0.4 is 21.1 Å². The Morgan fingerprint density at radius 3 is 2.18 bits per heavy atom. The van der Waals surface area contributed by atoms with Gasteiger partial charge in [-0.1, -0.05) is 38.1 Å². The third-order valence-corrected chi connectivity index (χ3v) is 5.83. The molecule has 0 aliphatic heterocycles. The van der Waals surface area contributed by atoms with Gasteiger partial charge in [-0.25, -0.2) is 5.84 Å². The average Bonchev–Trinajstić information content (AvgIpc) is 2.78. The van der Waals surface area contributed by atoms with Crippen molar-refractivity contribution in [1.82, 2.24) is 5.01 Å².